The third-order valence-electron chi connectivity index (χ3n) is 2.70. The van der Waals surface area contributed by atoms with Gasteiger partial charge in [0.2, 0.25) is 0 Å². The van der Waals surface area contributed by atoms with Crippen LogP contribution in [-0.2, 0) is 6.61 Å². The lowest BCUT2D eigenvalue weighted by molar-refractivity contribution is 0.299. The van der Waals surface area contributed by atoms with Gasteiger partial charge in [-0.3, -0.25) is 0 Å². The number of hydrogen-bond donors (Lipinski definition) is 0. The zero-order valence-corrected chi connectivity index (χ0v) is 11.1. The molecule has 3 nitrogen and oxygen atoms in total. The minimum absolute atomic E-state index is 0.135. The average molecular weight is 271 g/mol. The van der Waals surface area contributed by atoms with Crippen LogP contribution >= 0.6 is 0 Å². The van der Waals surface area contributed by atoms with Crippen molar-refractivity contribution in [3.63, 3.8) is 0 Å². The van der Waals surface area contributed by atoms with Crippen LogP contribution in [-0.4, -0.2) is 6.61 Å². The van der Waals surface area contributed by atoms with Crippen LogP contribution in [0.5, 0.6) is 11.5 Å². The van der Waals surface area contributed by atoms with Crippen molar-refractivity contribution in [3.8, 4) is 17.6 Å². The topological polar surface area (TPSA) is 42.2 Å². The van der Waals surface area contributed by atoms with Crippen LogP contribution in [0, 0.1) is 17.1 Å². The van der Waals surface area contributed by atoms with Crippen molar-refractivity contribution < 1.29 is 13.9 Å². The fourth-order valence-corrected chi connectivity index (χ4v) is 1.77. The van der Waals surface area contributed by atoms with Gasteiger partial charge in [0.15, 0.2) is 0 Å². The molecule has 0 radical (unpaired) electrons. The van der Waals surface area contributed by atoms with Gasteiger partial charge in [0.1, 0.15) is 23.9 Å². The summed E-state index contributed by atoms with van der Waals surface area (Å²) in [4.78, 5) is 0. The average Bonchev–Trinajstić information content (AvgIpc) is 2.46. The molecule has 0 spiro atoms. The summed E-state index contributed by atoms with van der Waals surface area (Å²) in [6, 6.07) is 13.2. The van der Waals surface area contributed by atoms with Gasteiger partial charge in [-0.1, -0.05) is 6.07 Å². The molecule has 2 aromatic carbocycles. The van der Waals surface area contributed by atoms with Gasteiger partial charge in [0.05, 0.1) is 18.2 Å². The van der Waals surface area contributed by atoms with Crippen molar-refractivity contribution in [1.82, 2.24) is 0 Å². The van der Waals surface area contributed by atoms with E-state index in [2.05, 4.69) is 0 Å². The van der Waals surface area contributed by atoms with Crippen LogP contribution in [0.15, 0.2) is 42.5 Å². The molecule has 2 aromatic rings. The third kappa shape index (κ3) is 3.48. The van der Waals surface area contributed by atoms with Crippen molar-refractivity contribution in [2.24, 2.45) is 0 Å². The highest BCUT2D eigenvalue weighted by atomic mass is 19.1. The molecule has 20 heavy (non-hydrogen) atoms. The summed E-state index contributed by atoms with van der Waals surface area (Å²) in [7, 11) is 0. The van der Waals surface area contributed by atoms with E-state index in [-0.39, 0.29) is 12.4 Å². The zero-order chi connectivity index (χ0) is 14.4. The fourth-order valence-electron chi connectivity index (χ4n) is 1.77. The first-order valence-electron chi connectivity index (χ1n) is 6.27. The number of nitrogens with zero attached hydrogens (tertiary/aromatic N) is 1. The summed E-state index contributed by atoms with van der Waals surface area (Å²) in [6.45, 7) is 2.61. The second kappa shape index (κ2) is 6.58. The van der Waals surface area contributed by atoms with E-state index < -0.39 is 0 Å². The Labute approximate surface area is 117 Å². The second-order valence-corrected chi connectivity index (χ2v) is 4.11. The molecule has 2 rings (SSSR count). The molecule has 0 atom stereocenters. The molecule has 0 saturated heterocycles. The highest BCUT2D eigenvalue weighted by Crippen LogP contribution is 2.21. The highest BCUT2D eigenvalue weighted by Gasteiger charge is 2.05. The normalized spacial score (nSPS) is 9.85. The molecule has 0 heterocycles. The summed E-state index contributed by atoms with van der Waals surface area (Å²) < 4.78 is 24.1. The molecule has 0 unspecified atom stereocenters. The Kier molecular flexibility index (Phi) is 4.56. The lowest BCUT2D eigenvalue weighted by atomic mass is 10.1. The van der Waals surface area contributed by atoms with E-state index in [4.69, 9.17) is 14.7 Å². The van der Waals surface area contributed by atoms with E-state index in [0.717, 1.165) is 0 Å². The summed E-state index contributed by atoms with van der Waals surface area (Å²) in [6.07, 6.45) is 0. The van der Waals surface area contributed by atoms with Gasteiger partial charge in [0.25, 0.3) is 0 Å². The van der Waals surface area contributed by atoms with E-state index >= 15 is 0 Å². The van der Waals surface area contributed by atoms with Crippen molar-refractivity contribution in [2.45, 2.75) is 13.5 Å². The molecule has 4 heteroatoms. The first kappa shape index (κ1) is 13.9. The molecular weight excluding hydrogens is 257 g/mol. The van der Waals surface area contributed by atoms with Crippen LogP contribution < -0.4 is 9.47 Å². The molecule has 0 bridgehead atoms. The van der Waals surface area contributed by atoms with Gasteiger partial charge < -0.3 is 9.47 Å². The first-order valence-corrected chi connectivity index (χ1v) is 6.27. The smallest absolute Gasteiger partial charge is 0.123 e. The van der Waals surface area contributed by atoms with Crippen molar-refractivity contribution in [3.05, 3.63) is 59.4 Å². The summed E-state index contributed by atoms with van der Waals surface area (Å²) >= 11 is 0. The summed E-state index contributed by atoms with van der Waals surface area (Å²) in [5.74, 6) is 0.944. The molecule has 0 aromatic heterocycles. The molecule has 0 aliphatic rings. The SMILES string of the molecule is CCOc1cccc(OCc2cc(F)ccc2C#N)c1. The lowest BCUT2D eigenvalue weighted by Crippen LogP contribution is -1.99. The molecule has 102 valence electrons. The van der Waals surface area contributed by atoms with E-state index in [0.29, 0.717) is 29.2 Å². The number of benzene rings is 2. The molecule has 0 saturated carbocycles. The van der Waals surface area contributed by atoms with Crippen molar-refractivity contribution in [2.75, 3.05) is 6.61 Å². The molecular formula is C16H14FNO2. The third-order valence-corrected chi connectivity index (χ3v) is 2.70. The number of nitriles is 1. The molecule has 0 fully saturated rings. The summed E-state index contributed by atoms with van der Waals surface area (Å²) in [5.41, 5.74) is 0.932. The zero-order valence-electron chi connectivity index (χ0n) is 11.1. The minimum atomic E-state index is -0.384. The second-order valence-electron chi connectivity index (χ2n) is 4.11. The standard InChI is InChI=1S/C16H14FNO2/c1-2-19-15-4-3-5-16(9-15)20-11-13-8-14(17)7-6-12(13)10-18/h3-9H,2,11H2,1H3. The van der Waals surface area contributed by atoms with E-state index in [1.54, 1.807) is 12.1 Å². The van der Waals surface area contributed by atoms with Crippen molar-refractivity contribution in [1.29, 1.82) is 5.26 Å². The van der Waals surface area contributed by atoms with Gasteiger partial charge in [-0.15, -0.1) is 0 Å². The predicted octanol–water partition coefficient (Wildman–Crippen LogP) is 3.68. The van der Waals surface area contributed by atoms with Gasteiger partial charge in [0, 0.05) is 11.6 Å². The first-order chi connectivity index (χ1) is 9.72. The Balaban J connectivity index is 2.11. The largest absolute Gasteiger partial charge is 0.494 e. The Morgan fingerprint density at radius 3 is 2.55 bits per heavy atom. The molecule has 0 N–H and O–H groups in total. The molecule has 0 amide bonds. The van der Waals surface area contributed by atoms with Crippen LogP contribution in [0.4, 0.5) is 4.39 Å². The maximum Gasteiger partial charge on any atom is 0.123 e. The van der Waals surface area contributed by atoms with E-state index in [1.165, 1.54) is 18.2 Å². The van der Waals surface area contributed by atoms with Crippen LogP contribution in [0.2, 0.25) is 0 Å². The van der Waals surface area contributed by atoms with Crippen LogP contribution in [0.3, 0.4) is 0 Å². The molecule has 0 aliphatic carbocycles. The monoisotopic (exact) mass is 271 g/mol. The lowest BCUT2D eigenvalue weighted by Gasteiger charge is -2.09. The Morgan fingerprint density at radius 1 is 1.10 bits per heavy atom. The maximum atomic E-state index is 13.2. The Morgan fingerprint density at radius 2 is 1.85 bits per heavy atom. The Bertz CT molecular complexity index is 635. The quantitative estimate of drug-likeness (QED) is 0.833. The fraction of sp³-hybridized carbons (Fsp3) is 0.188. The summed E-state index contributed by atoms with van der Waals surface area (Å²) in [5, 5.41) is 8.97. The minimum Gasteiger partial charge on any atom is -0.494 e. The van der Waals surface area contributed by atoms with Gasteiger partial charge in [-0.05, 0) is 37.3 Å². The number of hydrogen-bond acceptors (Lipinski definition) is 3. The van der Waals surface area contributed by atoms with Gasteiger partial charge in [-0.25, -0.2) is 4.39 Å². The van der Waals surface area contributed by atoms with Crippen LogP contribution in [0.1, 0.15) is 18.1 Å². The van der Waals surface area contributed by atoms with Crippen LogP contribution in [0.25, 0.3) is 0 Å². The molecule has 0 aliphatic heterocycles. The van der Waals surface area contributed by atoms with E-state index in [1.807, 2.05) is 25.1 Å². The van der Waals surface area contributed by atoms with E-state index in [9.17, 15) is 4.39 Å². The van der Waals surface area contributed by atoms with Crippen molar-refractivity contribution >= 4 is 0 Å². The number of ether oxygens (including phenoxy) is 2. The maximum absolute atomic E-state index is 13.2. The number of halogens is 1. The highest BCUT2D eigenvalue weighted by molar-refractivity contribution is 5.38. The Hall–Kier alpha value is -2.54. The predicted molar refractivity (Wildman–Crippen MR) is 73.1 cm³/mol. The van der Waals surface area contributed by atoms with Gasteiger partial charge in [-0.2, -0.15) is 5.26 Å². The number of rotatable bonds is 5. The van der Waals surface area contributed by atoms with Gasteiger partial charge >= 0.3 is 0 Å².